The van der Waals surface area contributed by atoms with Crippen LogP contribution in [0.5, 0.6) is 0 Å². The summed E-state index contributed by atoms with van der Waals surface area (Å²) in [5.41, 5.74) is -1.28. The predicted molar refractivity (Wildman–Crippen MR) is 104 cm³/mol. The van der Waals surface area contributed by atoms with Gasteiger partial charge < -0.3 is 0 Å². The van der Waals surface area contributed by atoms with Crippen molar-refractivity contribution in [2.45, 2.75) is 20.9 Å². The van der Waals surface area contributed by atoms with Crippen molar-refractivity contribution in [3.05, 3.63) is 90.0 Å². The van der Waals surface area contributed by atoms with Crippen molar-refractivity contribution in [3.63, 3.8) is 0 Å². The molecule has 3 rings (SSSR count). The van der Waals surface area contributed by atoms with E-state index in [1.54, 1.807) is 22.9 Å². The number of rotatable bonds is 5. The lowest BCUT2D eigenvalue weighted by Gasteiger charge is -2.10. The van der Waals surface area contributed by atoms with E-state index in [1.807, 2.05) is 0 Å². The van der Waals surface area contributed by atoms with Gasteiger partial charge in [-0.1, -0.05) is 18.2 Å². The molecule has 3 aromatic rings. The molecule has 0 aliphatic heterocycles. The number of sulfone groups is 1. The number of carbonyl (C=O) groups excluding carboxylic acids is 1. The van der Waals surface area contributed by atoms with E-state index in [0.717, 1.165) is 36.4 Å². The van der Waals surface area contributed by atoms with Gasteiger partial charge in [-0.05, 0) is 60.7 Å². The average Bonchev–Trinajstić information content (AvgIpc) is 2.73. The van der Waals surface area contributed by atoms with Crippen LogP contribution in [-0.4, -0.2) is 22.7 Å². The summed E-state index contributed by atoms with van der Waals surface area (Å²) in [6.45, 7) is 0. The van der Waals surface area contributed by atoms with Gasteiger partial charge in [0, 0.05) is 5.56 Å². The maximum Gasteiger partial charge on any atom is 0.416 e. The Kier molecular flexibility index (Phi) is 5.92. The van der Waals surface area contributed by atoms with E-state index in [4.69, 9.17) is 0 Å². The zero-order valence-electron chi connectivity index (χ0n) is 15.5. The molecular weight excluding hydrogens is 455 g/mol. The number of hydrogen-bond acceptors (Lipinski definition) is 5. The van der Waals surface area contributed by atoms with Crippen molar-refractivity contribution < 1.29 is 34.8 Å². The predicted octanol–water partition coefficient (Wildman–Crippen LogP) is 3.66. The zero-order chi connectivity index (χ0) is 22.9. The molecule has 0 aliphatic carbocycles. The SMILES string of the molecule is O=C(NS(=O)(=O)c1ccc(S(=O)(=O)c2ccccc2)cc1)c1ccc(C(F)(F)F)cc1. The summed E-state index contributed by atoms with van der Waals surface area (Å²) in [6, 6.07) is 14.7. The highest BCUT2D eigenvalue weighted by Crippen LogP contribution is 2.29. The number of nitrogens with one attached hydrogen (secondary N) is 1. The molecule has 162 valence electrons. The minimum Gasteiger partial charge on any atom is -0.268 e. The largest absolute Gasteiger partial charge is 0.416 e. The third kappa shape index (κ3) is 4.94. The van der Waals surface area contributed by atoms with Gasteiger partial charge in [-0.15, -0.1) is 0 Å². The molecule has 0 unspecified atom stereocenters. The van der Waals surface area contributed by atoms with Crippen LogP contribution in [0.3, 0.4) is 0 Å². The van der Waals surface area contributed by atoms with Crippen LogP contribution in [0.15, 0.2) is 93.5 Å². The molecule has 0 atom stereocenters. The summed E-state index contributed by atoms with van der Waals surface area (Å²) < 4.78 is 89.5. The lowest BCUT2D eigenvalue weighted by Crippen LogP contribution is -2.30. The van der Waals surface area contributed by atoms with Crippen LogP contribution in [0.4, 0.5) is 13.2 Å². The molecule has 0 heterocycles. The Bertz CT molecular complexity index is 1300. The molecule has 0 saturated heterocycles. The summed E-state index contributed by atoms with van der Waals surface area (Å²) >= 11 is 0. The van der Waals surface area contributed by atoms with Gasteiger partial charge in [0.25, 0.3) is 15.9 Å². The van der Waals surface area contributed by atoms with E-state index in [-0.39, 0.29) is 20.2 Å². The van der Waals surface area contributed by atoms with E-state index in [1.165, 1.54) is 12.1 Å². The summed E-state index contributed by atoms with van der Waals surface area (Å²) in [4.78, 5) is 11.6. The molecule has 6 nitrogen and oxygen atoms in total. The fourth-order valence-electron chi connectivity index (χ4n) is 2.58. The molecule has 1 N–H and O–H groups in total. The zero-order valence-corrected chi connectivity index (χ0v) is 17.1. The van der Waals surface area contributed by atoms with E-state index in [0.29, 0.717) is 12.1 Å². The van der Waals surface area contributed by atoms with Crippen molar-refractivity contribution in [3.8, 4) is 0 Å². The maximum atomic E-state index is 12.6. The first-order chi connectivity index (χ1) is 14.4. The van der Waals surface area contributed by atoms with Crippen LogP contribution < -0.4 is 4.72 Å². The smallest absolute Gasteiger partial charge is 0.268 e. The molecule has 0 spiro atoms. The third-order valence-electron chi connectivity index (χ3n) is 4.20. The molecule has 1 amide bonds. The van der Waals surface area contributed by atoms with Gasteiger partial charge in [-0.25, -0.2) is 21.6 Å². The molecule has 3 aromatic carbocycles. The second kappa shape index (κ2) is 8.16. The third-order valence-corrected chi connectivity index (χ3v) is 7.33. The first-order valence-electron chi connectivity index (χ1n) is 8.56. The fourth-order valence-corrected chi connectivity index (χ4v) is 4.84. The Morgan fingerprint density at radius 2 is 1.16 bits per heavy atom. The normalized spacial score (nSPS) is 12.4. The number of amides is 1. The molecule has 0 aliphatic rings. The van der Waals surface area contributed by atoms with Crippen LogP contribution >= 0.6 is 0 Å². The Morgan fingerprint density at radius 1 is 0.677 bits per heavy atom. The van der Waals surface area contributed by atoms with Gasteiger partial charge in [0.1, 0.15) is 0 Å². The van der Waals surface area contributed by atoms with Crippen molar-refractivity contribution in [1.82, 2.24) is 4.72 Å². The minimum absolute atomic E-state index is 0.0289. The molecule has 0 radical (unpaired) electrons. The molecule has 0 bridgehead atoms. The van der Waals surface area contributed by atoms with Crippen LogP contribution in [-0.2, 0) is 26.0 Å². The number of alkyl halides is 3. The number of sulfonamides is 1. The lowest BCUT2D eigenvalue weighted by molar-refractivity contribution is -0.137. The number of halogens is 3. The Balaban J connectivity index is 1.80. The summed E-state index contributed by atoms with van der Waals surface area (Å²) in [5.74, 6) is -1.13. The number of carbonyl (C=O) groups is 1. The first kappa shape index (κ1) is 22.5. The molecule has 0 saturated carbocycles. The summed E-state index contributed by atoms with van der Waals surface area (Å²) in [5, 5.41) is 0. The summed E-state index contributed by atoms with van der Waals surface area (Å²) in [7, 11) is -8.25. The van der Waals surface area contributed by atoms with E-state index < -0.39 is 37.5 Å². The quantitative estimate of drug-likeness (QED) is 0.615. The fraction of sp³-hybridized carbons (Fsp3) is 0.0500. The van der Waals surface area contributed by atoms with Gasteiger partial charge in [0.05, 0.1) is 20.2 Å². The maximum absolute atomic E-state index is 12.6. The van der Waals surface area contributed by atoms with Crippen LogP contribution in [0.25, 0.3) is 0 Å². The van der Waals surface area contributed by atoms with E-state index in [2.05, 4.69) is 0 Å². The van der Waals surface area contributed by atoms with Crippen molar-refractivity contribution in [2.75, 3.05) is 0 Å². The van der Waals surface area contributed by atoms with Crippen LogP contribution in [0.1, 0.15) is 15.9 Å². The first-order valence-corrected chi connectivity index (χ1v) is 11.5. The van der Waals surface area contributed by atoms with Crippen molar-refractivity contribution in [1.29, 1.82) is 0 Å². The Labute approximate surface area is 176 Å². The molecular formula is C20H14F3NO5S2. The Hall–Kier alpha value is -3.18. The van der Waals surface area contributed by atoms with Crippen LogP contribution in [0, 0.1) is 0 Å². The van der Waals surface area contributed by atoms with Crippen molar-refractivity contribution in [2.24, 2.45) is 0 Å². The Morgan fingerprint density at radius 3 is 1.68 bits per heavy atom. The van der Waals surface area contributed by atoms with Gasteiger partial charge in [0.2, 0.25) is 9.84 Å². The average molecular weight is 469 g/mol. The minimum atomic E-state index is -4.59. The lowest BCUT2D eigenvalue weighted by atomic mass is 10.1. The van der Waals surface area contributed by atoms with Gasteiger partial charge >= 0.3 is 6.18 Å². The summed E-state index contributed by atoms with van der Waals surface area (Å²) in [6.07, 6.45) is -4.59. The molecule has 0 aromatic heterocycles. The highest BCUT2D eigenvalue weighted by Gasteiger charge is 2.30. The number of benzene rings is 3. The van der Waals surface area contributed by atoms with E-state index in [9.17, 15) is 34.8 Å². The monoisotopic (exact) mass is 469 g/mol. The van der Waals surface area contributed by atoms with Gasteiger partial charge in [-0.3, -0.25) is 4.79 Å². The highest BCUT2D eigenvalue weighted by molar-refractivity contribution is 7.91. The highest BCUT2D eigenvalue weighted by atomic mass is 32.2. The molecule has 0 fully saturated rings. The molecule has 31 heavy (non-hydrogen) atoms. The second-order valence-electron chi connectivity index (χ2n) is 6.30. The van der Waals surface area contributed by atoms with Crippen molar-refractivity contribution >= 4 is 25.8 Å². The van der Waals surface area contributed by atoms with Crippen LogP contribution in [0.2, 0.25) is 0 Å². The topological polar surface area (TPSA) is 97.4 Å². The van der Waals surface area contributed by atoms with E-state index >= 15 is 0 Å². The standard InChI is InChI=1S/C20H14F3NO5S2/c21-20(22,23)15-8-6-14(7-9-15)19(25)24-31(28,29)18-12-10-17(11-13-18)30(26,27)16-4-2-1-3-5-16/h1-13H,(H,24,25). The second-order valence-corrected chi connectivity index (χ2v) is 9.93. The van der Waals surface area contributed by atoms with Gasteiger partial charge in [0.15, 0.2) is 0 Å². The van der Waals surface area contributed by atoms with Gasteiger partial charge in [-0.2, -0.15) is 13.2 Å². The number of hydrogen-bond donors (Lipinski definition) is 1. The molecule has 11 heteroatoms.